The van der Waals surface area contributed by atoms with Crippen LogP contribution in [0.1, 0.15) is 12.5 Å². The van der Waals surface area contributed by atoms with E-state index in [1.807, 2.05) is 0 Å². The summed E-state index contributed by atoms with van der Waals surface area (Å²) < 4.78 is 53.6. The highest BCUT2D eigenvalue weighted by molar-refractivity contribution is 7.91. The van der Waals surface area contributed by atoms with Crippen molar-refractivity contribution in [1.29, 1.82) is 0 Å². The molecule has 0 bridgehead atoms. The van der Waals surface area contributed by atoms with Gasteiger partial charge in [0.05, 0.1) is 15.5 Å². The molecule has 16 heavy (non-hydrogen) atoms. The van der Waals surface area contributed by atoms with Gasteiger partial charge in [-0.2, -0.15) is 8.42 Å². The van der Waals surface area contributed by atoms with Crippen LogP contribution in [0.3, 0.4) is 0 Å². The highest BCUT2D eigenvalue weighted by Crippen LogP contribution is 2.20. The molecule has 1 aromatic carbocycles. The van der Waals surface area contributed by atoms with Crippen LogP contribution in [0, 0.1) is 6.92 Å². The van der Waals surface area contributed by atoms with Crippen molar-refractivity contribution in [3.05, 3.63) is 23.8 Å². The van der Waals surface area contributed by atoms with Crippen LogP contribution in [0.4, 0.5) is 0 Å². The van der Waals surface area contributed by atoms with Gasteiger partial charge >= 0.3 is 0 Å². The summed E-state index contributed by atoms with van der Waals surface area (Å²) in [7, 11) is -7.66. The normalized spacial score (nSPS) is 12.7. The molecule has 0 aliphatic carbocycles. The summed E-state index contributed by atoms with van der Waals surface area (Å²) in [6.45, 7) is 2.93. The smallest absolute Gasteiger partial charge is 0.282 e. The van der Waals surface area contributed by atoms with Gasteiger partial charge in [-0.05, 0) is 30.7 Å². The topological polar surface area (TPSA) is 88.5 Å². The lowest BCUT2D eigenvalue weighted by molar-refractivity contribution is 0.482. The van der Waals surface area contributed by atoms with Crippen molar-refractivity contribution in [3.8, 4) is 0 Å². The zero-order chi connectivity index (χ0) is 12.6. The highest BCUT2D eigenvalue weighted by Gasteiger charge is 2.17. The van der Waals surface area contributed by atoms with E-state index in [0.29, 0.717) is 0 Å². The van der Waals surface area contributed by atoms with Crippen LogP contribution >= 0.6 is 0 Å². The van der Waals surface area contributed by atoms with Gasteiger partial charge in [-0.15, -0.1) is 0 Å². The third-order valence-electron chi connectivity index (χ3n) is 2.16. The first-order valence-corrected chi connectivity index (χ1v) is 7.58. The number of hydrogen-bond donors (Lipinski definition) is 1. The van der Waals surface area contributed by atoms with Gasteiger partial charge in [0, 0.05) is 0 Å². The van der Waals surface area contributed by atoms with Gasteiger partial charge in [0.2, 0.25) is 0 Å². The zero-order valence-electron chi connectivity index (χ0n) is 8.84. The molecule has 0 heterocycles. The SMILES string of the molecule is CCS(=O)(=O)c1ccc(S(=O)(=O)O)c(C)c1. The summed E-state index contributed by atoms with van der Waals surface area (Å²) in [6.07, 6.45) is 0. The Bertz CT molecular complexity index is 599. The quantitative estimate of drug-likeness (QED) is 0.824. The third-order valence-corrected chi connectivity index (χ3v) is 4.91. The second kappa shape index (κ2) is 4.15. The van der Waals surface area contributed by atoms with Gasteiger partial charge in [-0.25, -0.2) is 8.42 Å². The van der Waals surface area contributed by atoms with Crippen LogP contribution in [-0.2, 0) is 20.0 Å². The van der Waals surface area contributed by atoms with E-state index in [9.17, 15) is 16.8 Å². The Morgan fingerprint density at radius 3 is 2.12 bits per heavy atom. The van der Waals surface area contributed by atoms with Crippen molar-refractivity contribution < 1.29 is 21.4 Å². The minimum Gasteiger partial charge on any atom is -0.282 e. The summed E-state index contributed by atoms with van der Waals surface area (Å²) in [6, 6.07) is 3.50. The highest BCUT2D eigenvalue weighted by atomic mass is 32.2. The van der Waals surface area contributed by atoms with E-state index in [4.69, 9.17) is 4.55 Å². The maximum Gasteiger partial charge on any atom is 0.294 e. The van der Waals surface area contributed by atoms with Crippen molar-refractivity contribution in [2.24, 2.45) is 0 Å². The average molecular weight is 264 g/mol. The number of rotatable bonds is 3. The molecule has 7 heteroatoms. The van der Waals surface area contributed by atoms with Crippen LogP contribution in [0.25, 0.3) is 0 Å². The molecule has 1 aromatic rings. The molecule has 0 saturated carbocycles. The molecule has 0 saturated heterocycles. The van der Waals surface area contributed by atoms with Gasteiger partial charge in [0.1, 0.15) is 0 Å². The molecule has 0 aromatic heterocycles. The first kappa shape index (κ1) is 13.1. The van der Waals surface area contributed by atoms with E-state index in [2.05, 4.69) is 0 Å². The molecule has 0 spiro atoms. The molecule has 0 radical (unpaired) electrons. The Hall–Kier alpha value is -0.920. The molecular formula is C9H12O5S2. The van der Waals surface area contributed by atoms with Gasteiger partial charge in [-0.1, -0.05) is 6.92 Å². The molecule has 0 aliphatic heterocycles. The third kappa shape index (κ3) is 2.60. The Morgan fingerprint density at radius 1 is 1.19 bits per heavy atom. The fraction of sp³-hybridized carbons (Fsp3) is 0.333. The van der Waals surface area contributed by atoms with Crippen molar-refractivity contribution in [3.63, 3.8) is 0 Å². The molecular weight excluding hydrogens is 252 g/mol. The summed E-state index contributed by atoms with van der Waals surface area (Å²) in [5, 5.41) is 0. The molecule has 0 unspecified atom stereocenters. The number of sulfone groups is 1. The average Bonchev–Trinajstić information content (AvgIpc) is 2.15. The minimum atomic E-state index is -4.30. The van der Waals surface area contributed by atoms with E-state index in [0.717, 1.165) is 6.07 Å². The number of aryl methyl sites for hydroxylation is 1. The largest absolute Gasteiger partial charge is 0.294 e. The second-order valence-electron chi connectivity index (χ2n) is 3.31. The summed E-state index contributed by atoms with van der Waals surface area (Å²) in [5.74, 6) is -0.0579. The molecule has 90 valence electrons. The number of hydrogen-bond acceptors (Lipinski definition) is 4. The predicted octanol–water partition coefficient (Wildman–Crippen LogP) is 1.04. The second-order valence-corrected chi connectivity index (χ2v) is 6.97. The van der Waals surface area contributed by atoms with E-state index < -0.39 is 20.0 Å². The first-order chi connectivity index (χ1) is 7.18. The lowest BCUT2D eigenvalue weighted by atomic mass is 10.2. The maximum atomic E-state index is 11.5. The van der Waals surface area contributed by atoms with Crippen molar-refractivity contribution in [2.75, 3.05) is 5.75 Å². The van der Waals surface area contributed by atoms with Crippen LogP contribution in [0.5, 0.6) is 0 Å². The lowest BCUT2D eigenvalue weighted by Gasteiger charge is -2.05. The Labute approximate surface area is 94.8 Å². The van der Waals surface area contributed by atoms with E-state index in [1.165, 1.54) is 26.0 Å². The molecule has 0 fully saturated rings. The minimum absolute atomic E-state index is 0.0555. The van der Waals surface area contributed by atoms with Gasteiger partial charge < -0.3 is 0 Å². The summed E-state index contributed by atoms with van der Waals surface area (Å²) in [5.41, 5.74) is 0.206. The lowest BCUT2D eigenvalue weighted by Crippen LogP contribution is -2.06. The standard InChI is InChI=1S/C9H12O5S2/c1-3-15(10,11)8-4-5-9(7(2)6-8)16(12,13)14/h4-6H,3H2,1-2H3,(H,12,13,14). The van der Waals surface area contributed by atoms with Crippen molar-refractivity contribution in [1.82, 2.24) is 0 Å². The van der Waals surface area contributed by atoms with Gasteiger partial charge in [0.25, 0.3) is 10.1 Å². The Morgan fingerprint density at radius 2 is 1.75 bits per heavy atom. The number of benzene rings is 1. The van der Waals surface area contributed by atoms with E-state index in [-0.39, 0.29) is 21.1 Å². The molecule has 5 nitrogen and oxygen atoms in total. The predicted molar refractivity (Wildman–Crippen MR) is 58.7 cm³/mol. The fourth-order valence-electron chi connectivity index (χ4n) is 1.27. The Kier molecular flexibility index (Phi) is 3.41. The van der Waals surface area contributed by atoms with Gasteiger partial charge in [0.15, 0.2) is 9.84 Å². The fourth-order valence-corrected chi connectivity index (χ4v) is 2.94. The maximum absolute atomic E-state index is 11.5. The Balaban J connectivity index is 3.42. The van der Waals surface area contributed by atoms with Crippen LogP contribution in [0.15, 0.2) is 28.0 Å². The van der Waals surface area contributed by atoms with Crippen LogP contribution < -0.4 is 0 Å². The molecule has 1 N–H and O–H groups in total. The molecule has 0 atom stereocenters. The molecule has 0 amide bonds. The molecule has 0 aliphatic rings. The van der Waals surface area contributed by atoms with Crippen molar-refractivity contribution >= 4 is 20.0 Å². The van der Waals surface area contributed by atoms with E-state index >= 15 is 0 Å². The van der Waals surface area contributed by atoms with Gasteiger partial charge in [-0.3, -0.25) is 4.55 Å². The zero-order valence-corrected chi connectivity index (χ0v) is 10.5. The monoisotopic (exact) mass is 264 g/mol. The summed E-state index contributed by atoms with van der Waals surface area (Å²) >= 11 is 0. The first-order valence-electron chi connectivity index (χ1n) is 4.49. The summed E-state index contributed by atoms with van der Waals surface area (Å²) in [4.78, 5) is -0.220. The van der Waals surface area contributed by atoms with Crippen LogP contribution in [-0.4, -0.2) is 27.1 Å². The van der Waals surface area contributed by atoms with Crippen LogP contribution in [0.2, 0.25) is 0 Å². The van der Waals surface area contributed by atoms with Crippen molar-refractivity contribution in [2.45, 2.75) is 23.6 Å². The molecule has 1 rings (SSSR count). The van der Waals surface area contributed by atoms with E-state index in [1.54, 1.807) is 0 Å².